The van der Waals surface area contributed by atoms with Gasteiger partial charge < -0.3 is 15.1 Å². The standard InChI is InChI=1S/C15H20N6/c1-20-5-7-21(8-6-20)15-9-14(18-12-19-15)17-11-13-3-2-4-16-10-13/h2-4,9-10,12H,5-8,11H2,1H3,(H,17,18,19). The first kappa shape index (κ1) is 13.8. The van der Waals surface area contributed by atoms with E-state index in [0.29, 0.717) is 6.54 Å². The summed E-state index contributed by atoms with van der Waals surface area (Å²) in [6.45, 7) is 4.88. The largest absolute Gasteiger partial charge is 0.366 e. The molecule has 0 amide bonds. The van der Waals surface area contributed by atoms with Gasteiger partial charge in [0.25, 0.3) is 0 Å². The maximum absolute atomic E-state index is 4.39. The van der Waals surface area contributed by atoms with Gasteiger partial charge in [-0.25, -0.2) is 9.97 Å². The first-order valence-corrected chi connectivity index (χ1v) is 7.19. The van der Waals surface area contributed by atoms with Crippen LogP contribution in [0.2, 0.25) is 0 Å². The number of rotatable bonds is 4. The molecular weight excluding hydrogens is 264 g/mol. The van der Waals surface area contributed by atoms with Crippen LogP contribution in [0.5, 0.6) is 0 Å². The van der Waals surface area contributed by atoms with Crippen molar-refractivity contribution in [3.63, 3.8) is 0 Å². The lowest BCUT2D eigenvalue weighted by molar-refractivity contribution is 0.312. The minimum absolute atomic E-state index is 0.715. The molecule has 0 spiro atoms. The summed E-state index contributed by atoms with van der Waals surface area (Å²) in [5.41, 5.74) is 1.14. The second-order valence-electron chi connectivity index (χ2n) is 5.27. The Morgan fingerprint density at radius 2 is 2.05 bits per heavy atom. The smallest absolute Gasteiger partial charge is 0.134 e. The molecule has 0 aromatic carbocycles. The molecule has 1 aliphatic heterocycles. The second kappa shape index (κ2) is 6.49. The molecule has 1 fully saturated rings. The van der Waals surface area contributed by atoms with Gasteiger partial charge >= 0.3 is 0 Å². The third-order valence-corrected chi connectivity index (χ3v) is 3.68. The molecule has 0 atom stereocenters. The summed E-state index contributed by atoms with van der Waals surface area (Å²) in [7, 11) is 2.15. The number of piperazine rings is 1. The van der Waals surface area contributed by atoms with Crippen LogP contribution in [0.4, 0.5) is 11.6 Å². The molecular formula is C15H20N6. The molecule has 2 aromatic heterocycles. The maximum Gasteiger partial charge on any atom is 0.134 e. The molecule has 0 saturated carbocycles. The normalized spacial score (nSPS) is 16.0. The molecule has 0 aliphatic carbocycles. The predicted molar refractivity (Wildman–Crippen MR) is 83.3 cm³/mol. The van der Waals surface area contributed by atoms with E-state index in [1.807, 2.05) is 24.4 Å². The van der Waals surface area contributed by atoms with Crippen LogP contribution in [-0.2, 0) is 6.54 Å². The zero-order valence-electron chi connectivity index (χ0n) is 12.2. The molecule has 1 saturated heterocycles. The highest BCUT2D eigenvalue weighted by Crippen LogP contribution is 2.16. The Labute approximate surface area is 124 Å². The maximum atomic E-state index is 4.39. The van der Waals surface area contributed by atoms with Crippen molar-refractivity contribution in [3.05, 3.63) is 42.5 Å². The van der Waals surface area contributed by atoms with Gasteiger partial charge in [-0.15, -0.1) is 0 Å². The number of hydrogen-bond donors (Lipinski definition) is 1. The zero-order valence-corrected chi connectivity index (χ0v) is 12.2. The van der Waals surface area contributed by atoms with Gasteiger partial charge in [0, 0.05) is 51.2 Å². The van der Waals surface area contributed by atoms with Gasteiger partial charge in [0.1, 0.15) is 18.0 Å². The van der Waals surface area contributed by atoms with E-state index in [4.69, 9.17) is 0 Å². The van der Waals surface area contributed by atoms with Crippen molar-refractivity contribution in [3.8, 4) is 0 Å². The molecule has 1 aliphatic rings. The fourth-order valence-electron chi connectivity index (χ4n) is 2.35. The van der Waals surface area contributed by atoms with Crippen LogP contribution < -0.4 is 10.2 Å². The van der Waals surface area contributed by atoms with Crippen molar-refractivity contribution in [2.45, 2.75) is 6.54 Å². The summed E-state index contributed by atoms with van der Waals surface area (Å²) in [6.07, 6.45) is 5.26. The van der Waals surface area contributed by atoms with E-state index in [1.165, 1.54) is 0 Å². The summed E-state index contributed by atoms with van der Waals surface area (Å²) < 4.78 is 0. The highest BCUT2D eigenvalue weighted by Gasteiger charge is 2.15. The van der Waals surface area contributed by atoms with E-state index in [9.17, 15) is 0 Å². The summed E-state index contributed by atoms with van der Waals surface area (Å²) in [5, 5.41) is 3.32. The average molecular weight is 284 g/mol. The lowest BCUT2D eigenvalue weighted by Gasteiger charge is -2.33. The number of likely N-dealkylation sites (N-methyl/N-ethyl adjacent to an activating group) is 1. The average Bonchev–Trinajstić information content (AvgIpc) is 2.55. The molecule has 6 heteroatoms. The summed E-state index contributed by atoms with van der Waals surface area (Å²) in [6, 6.07) is 6.00. The first-order valence-electron chi connectivity index (χ1n) is 7.19. The quantitative estimate of drug-likeness (QED) is 0.911. The van der Waals surface area contributed by atoms with Crippen LogP contribution in [0, 0.1) is 0 Å². The Balaban J connectivity index is 1.63. The van der Waals surface area contributed by atoms with E-state index >= 15 is 0 Å². The third-order valence-electron chi connectivity index (χ3n) is 3.68. The van der Waals surface area contributed by atoms with Gasteiger partial charge in [-0.05, 0) is 18.7 Å². The lowest BCUT2D eigenvalue weighted by Crippen LogP contribution is -2.44. The van der Waals surface area contributed by atoms with Crippen LogP contribution >= 0.6 is 0 Å². The van der Waals surface area contributed by atoms with Crippen LogP contribution in [0.3, 0.4) is 0 Å². The van der Waals surface area contributed by atoms with E-state index in [2.05, 4.69) is 37.1 Å². The Bertz CT molecular complexity index is 565. The van der Waals surface area contributed by atoms with Crippen molar-refractivity contribution >= 4 is 11.6 Å². The van der Waals surface area contributed by atoms with Crippen molar-refractivity contribution in [2.75, 3.05) is 43.4 Å². The topological polar surface area (TPSA) is 57.2 Å². The molecule has 6 nitrogen and oxygen atoms in total. The first-order chi connectivity index (χ1) is 10.3. The molecule has 0 unspecified atom stereocenters. The fraction of sp³-hybridized carbons (Fsp3) is 0.400. The van der Waals surface area contributed by atoms with Crippen molar-refractivity contribution < 1.29 is 0 Å². The van der Waals surface area contributed by atoms with E-state index in [1.54, 1.807) is 12.5 Å². The number of aromatic nitrogens is 3. The lowest BCUT2D eigenvalue weighted by atomic mass is 10.3. The molecule has 1 N–H and O–H groups in total. The molecule has 3 heterocycles. The van der Waals surface area contributed by atoms with E-state index in [0.717, 1.165) is 43.4 Å². The zero-order chi connectivity index (χ0) is 14.5. The second-order valence-corrected chi connectivity index (χ2v) is 5.27. The predicted octanol–water partition coefficient (Wildman–Crippen LogP) is 1.24. The molecule has 21 heavy (non-hydrogen) atoms. The summed E-state index contributed by atoms with van der Waals surface area (Å²) >= 11 is 0. The minimum atomic E-state index is 0.715. The minimum Gasteiger partial charge on any atom is -0.366 e. The summed E-state index contributed by atoms with van der Waals surface area (Å²) in [5.74, 6) is 1.84. The van der Waals surface area contributed by atoms with Crippen molar-refractivity contribution in [1.29, 1.82) is 0 Å². The Kier molecular flexibility index (Phi) is 4.25. The number of nitrogens with one attached hydrogen (secondary N) is 1. The van der Waals surface area contributed by atoms with Crippen LogP contribution in [0.15, 0.2) is 36.9 Å². The third kappa shape index (κ3) is 3.66. The van der Waals surface area contributed by atoms with Crippen LogP contribution in [-0.4, -0.2) is 53.1 Å². The Hall–Kier alpha value is -2.21. The number of hydrogen-bond acceptors (Lipinski definition) is 6. The summed E-state index contributed by atoms with van der Waals surface area (Å²) in [4.78, 5) is 17.4. The number of nitrogens with zero attached hydrogens (tertiary/aromatic N) is 5. The molecule has 0 bridgehead atoms. The van der Waals surface area contributed by atoms with E-state index in [-0.39, 0.29) is 0 Å². The molecule has 110 valence electrons. The Morgan fingerprint density at radius 1 is 1.19 bits per heavy atom. The molecule has 3 rings (SSSR count). The van der Waals surface area contributed by atoms with Crippen LogP contribution in [0.25, 0.3) is 0 Å². The highest BCUT2D eigenvalue weighted by molar-refractivity contribution is 5.49. The van der Waals surface area contributed by atoms with Crippen molar-refractivity contribution in [1.82, 2.24) is 19.9 Å². The Morgan fingerprint density at radius 3 is 2.81 bits per heavy atom. The van der Waals surface area contributed by atoms with Gasteiger partial charge in [-0.2, -0.15) is 0 Å². The van der Waals surface area contributed by atoms with Gasteiger partial charge in [-0.1, -0.05) is 6.07 Å². The fourth-order valence-corrected chi connectivity index (χ4v) is 2.35. The van der Waals surface area contributed by atoms with Gasteiger partial charge in [0.05, 0.1) is 0 Å². The van der Waals surface area contributed by atoms with Crippen molar-refractivity contribution in [2.24, 2.45) is 0 Å². The van der Waals surface area contributed by atoms with Gasteiger partial charge in [0.2, 0.25) is 0 Å². The number of pyridine rings is 1. The monoisotopic (exact) mass is 284 g/mol. The molecule has 0 radical (unpaired) electrons. The van der Waals surface area contributed by atoms with Gasteiger partial charge in [0.15, 0.2) is 0 Å². The van der Waals surface area contributed by atoms with Crippen LogP contribution in [0.1, 0.15) is 5.56 Å². The molecule has 2 aromatic rings. The van der Waals surface area contributed by atoms with E-state index < -0.39 is 0 Å². The highest BCUT2D eigenvalue weighted by atomic mass is 15.3. The SMILES string of the molecule is CN1CCN(c2cc(NCc3cccnc3)ncn2)CC1. The number of anilines is 2. The van der Waals surface area contributed by atoms with Gasteiger partial charge in [-0.3, -0.25) is 4.98 Å².